The van der Waals surface area contributed by atoms with Crippen LogP contribution in [0.25, 0.3) is 0 Å². The molecule has 19 heavy (non-hydrogen) atoms. The Morgan fingerprint density at radius 2 is 2.11 bits per heavy atom. The largest absolute Gasteiger partial charge is 0.332 e. The van der Waals surface area contributed by atoms with E-state index in [-0.39, 0.29) is 11.9 Å². The molecule has 1 rings (SSSR count). The molecule has 0 fully saturated rings. The van der Waals surface area contributed by atoms with Crippen molar-refractivity contribution in [2.24, 2.45) is 0 Å². The summed E-state index contributed by atoms with van der Waals surface area (Å²) in [4.78, 5) is 17.4. The fraction of sp³-hybridized carbons (Fsp3) is 0.533. The van der Waals surface area contributed by atoms with Gasteiger partial charge in [-0.15, -0.1) is 11.3 Å². The molecular weight excluding hydrogens is 256 g/mol. The van der Waals surface area contributed by atoms with Crippen molar-refractivity contribution < 1.29 is 4.79 Å². The van der Waals surface area contributed by atoms with Crippen LogP contribution in [0.15, 0.2) is 23.6 Å². The van der Waals surface area contributed by atoms with Crippen molar-refractivity contribution in [3.05, 3.63) is 34.0 Å². The average Bonchev–Trinajstić information content (AvgIpc) is 2.70. The van der Waals surface area contributed by atoms with Crippen LogP contribution in [0.5, 0.6) is 0 Å². The molecule has 0 aromatic carbocycles. The predicted molar refractivity (Wildman–Crippen MR) is 82.4 cm³/mol. The van der Waals surface area contributed by atoms with Gasteiger partial charge in [-0.1, -0.05) is 6.08 Å². The summed E-state index contributed by atoms with van der Waals surface area (Å²) in [6.07, 6.45) is 3.60. The fourth-order valence-corrected chi connectivity index (χ4v) is 2.60. The minimum atomic E-state index is 0.0876. The van der Waals surface area contributed by atoms with E-state index in [1.807, 2.05) is 30.0 Å². The highest BCUT2D eigenvalue weighted by Crippen LogP contribution is 2.19. The Balaban J connectivity index is 2.70. The zero-order chi connectivity index (χ0) is 14.4. The zero-order valence-electron chi connectivity index (χ0n) is 12.5. The maximum absolute atomic E-state index is 12.2. The van der Waals surface area contributed by atoms with Gasteiger partial charge in [0, 0.05) is 23.5 Å². The van der Waals surface area contributed by atoms with E-state index < -0.39 is 0 Å². The van der Waals surface area contributed by atoms with Crippen LogP contribution in [-0.2, 0) is 11.3 Å². The highest BCUT2D eigenvalue weighted by Gasteiger charge is 2.16. The number of aryl methyl sites for hydroxylation is 1. The summed E-state index contributed by atoms with van der Waals surface area (Å²) in [6.45, 7) is 7.69. The molecule has 4 heteroatoms. The molecule has 0 aliphatic heterocycles. The monoisotopic (exact) mass is 280 g/mol. The van der Waals surface area contributed by atoms with E-state index >= 15 is 0 Å². The first-order valence-electron chi connectivity index (χ1n) is 6.56. The molecule has 0 bridgehead atoms. The lowest BCUT2D eigenvalue weighted by molar-refractivity contribution is -0.128. The third-order valence-electron chi connectivity index (χ3n) is 2.92. The molecule has 1 aromatic heterocycles. The maximum atomic E-state index is 12.2. The summed E-state index contributed by atoms with van der Waals surface area (Å²) < 4.78 is 0. The highest BCUT2D eigenvalue weighted by atomic mass is 32.1. The second kappa shape index (κ2) is 7.46. The van der Waals surface area contributed by atoms with Crippen molar-refractivity contribution in [2.75, 3.05) is 20.6 Å². The minimum absolute atomic E-state index is 0.0876. The molecule has 0 aliphatic rings. The van der Waals surface area contributed by atoms with Crippen molar-refractivity contribution >= 4 is 17.2 Å². The Bertz CT molecular complexity index is 435. The number of thiophene rings is 1. The maximum Gasteiger partial charge on any atom is 0.246 e. The molecule has 0 unspecified atom stereocenters. The molecule has 0 N–H and O–H groups in total. The first-order chi connectivity index (χ1) is 8.91. The smallest absolute Gasteiger partial charge is 0.246 e. The van der Waals surface area contributed by atoms with Gasteiger partial charge in [-0.25, -0.2) is 0 Å². The number of hydrogen-bond acceptors (Lipinski definition) is 3. The van der Waals surface area contributed by atoms with Crippen LogP contribution in [0.3, 0.4) is 0 Å². The Hall–Kier alpha value is -1.13. The molecule has 0 saturated carbocycles. The molecule has 0 radical (unpaired) electrons. The van der Waals surface area contributed by atoms with Crippen LogP contribution in [-0.4, -0.2) is 42.4 Å². The van der Waals surface area contributed by atoms with E-state index in [4.69, 9.17) is 0 Å². The van der Waals surface area contributed by atoms with Crippen molar-refractivity contribution in [1.29, 1.82) is 0 Å². The van der Waals surface area contributed by atoms with Crippen molar-refractivity contribution in [3.8, 4) is 0 Å². The molecule has 106 valence electrons. The van der Waals surface area contributed by atoms with E-state index in [0.29, 0.717) is 6.54 Å². The predicted octanol–water partition coefficient (Wildman–Crippen LogP) is 2.91. The van der Waals surface area contributed by atoms with E-state index in [9.17, 15) is 4.79 Å². The van der Waals surface area contributed by atoms with Gasteiger partial charge in [0.1, 0.15) is 0 Å². The minimum Gasteiger partial charge on any atom is -0.332 e. The standard InChI is InChI=1S/C15H24N2OS/c1-12(2)17(11-14-13(3)8-10-19-14)15(18)7-6-9-16(4)5/h6-8,10,12H,9,11H2,1-5H3/b7-6+. The van der Waals surface area contributed by atoms with Gasteiger partial charge >= 0.3 is 0 Å². The third-order valence-corrected chi connectivity index (χ3v) is 3.93. The van der Waals surface area contributed by atoms with Crippen molar-refractivity contribution in [1.82, 2.24) is 9.80 Å². The van der Waals surface area contributed by atoms with Crippen molar-refractivity contribution in [2.45, 2.75) is 33.4 Å². The van der Waals surface area contributed by atoms with E-state index in [1.54, 1.807) is 17.4 Å². The normalized spacial score (nSPS) is 11.7. The highest BCUT2D eigenvalue weighted by molar-refractivity contribution is 7.10. The average molecular weight is 280 g/mol. The number of rotatable bonds is 6. The number of nitrogens with zero attached hydrogens (tertiary/aromatic N) is 2. The van der Waals surface area contributed by atoms with Crippen LogP contribution in [0.2, 0.25) is 0 Å². The van der Waals surface area contributed by atoms with Crippen LogP contribution < -0.4 is 0 Å². The van der Waals surface area contributed by atoms with Gasteiger partial charge < -0.3 is 9.80 Å². The van der Waals surface area contributed by atoms with Gasteiger partial charge in [-0.05, 0) is 51.9 Å². The first kappa shape index (κ1) is 15.9. The van der Waals surface area contributed by atoms with Crippen LogP contribution in [0.1, 0.15) is 24.3 Å². The van der Waals surface area contributed by atoms with Gasteiger partial charge in [0.2, 0.25) is 5.91 Å². The van der Waals surface area contributed by atoms with Crippen molar-refractivity contribution in [3.63, 3.8) is 0 Å². The SMILES string of the molecule is Cc1ccsc1CN(C(=O)/C=C/CN(C)C)C(C)C. The quantitative estimate of drug-likeness (QED) is 0.748. The third kappa shape index (κ3) is 5.17. The Kier molecular flexibility index (Phi) is 6.25. The van der Waals surface area contributed by atoms with Gasteiger partial charge in [-0.3, -0.25) is 4.79 Å². The van der Waals surface area contributed by atoms with Crippen LogP contribution >= 0.6 is 11.3 Å². The van der Waals surface area contributed by atoms with Gasteiger partial charge in [0.15, 0.2) is 0 Å². The Morgan fingerprint density at radius 1 is 1.42 bits per heavy atom. The number of hydrogen-bond donors (Lipinski definition) is 0. The summed E-state index contributed by atoms with van der Waals surface area (Å²) in [5, 5.41) is 2.08. The number of carbonyl (C=O) groups is 1. The van der Waals surface area contributed by atoms with Crippen LogP contribution in [0, 0.1) is 6.92 Å². The molecule has 1 aromatic rings. The van der Waals surface area contributed by atoms with Gasteiger partial charge in [0.25, 0.3) is 0 Å². The molecule has 0 spiro atoms. The van der Waals surface area contributed by atoms with Gasteiger partial charge in [0.05, 0.1) is 6.54 Å². The molecular formula is C15H24N2OS. The summed E-state index contributed by atoms with van der Waals surface area (Å²) in [5.74, 6) is 0.0876. The van der Waals surface area contributed by atoms with E-state index in [2.05, 4.69) is 32.2 Å². The van der Waals surface area contributed by atoms with E-state index in [0.717, 1.165) is 6.54 Å². The van der Waals surface area contributed by atoms with E-state index in [1.165, 1.54) is 10.4 Å². The zero-order valence-corrected chi connectivity index (χ0v) is 13.3. The lowest BCUT2D eigenvalue weighted by Crippen LogP contribution is -2.35. The summed E-state index contributed by atoms with van der Waals surface area (Å²) in [5.41, 5.74) is 1.26. The molecule has 0 saturated heterocycles. The fourth-order valence-electron chi connectivity index (χ4n) is 1.70. The lowest BCUT2D eigenvalue weighted by Gasteiger charge is -2.25. The Labute approximate surface area is 120 Å². The molecule has 3 nitrogen and oxygen atoms in total. The number of amides is 1. The van der Waals surface area contributed by atoms with Gasteiger partial charge in [-0.2, -0.15) is 0 Å². The molecule has 1 heterocycles. The summed E-state index contributed by atoms with van der Waals surface area (Å²) in [6, 6.07) is 2.31. The molecule has 1 amide bonds. The summed E-state index contributed by atoms with van der Waals surface area (Å²) >= 11 is 1.72. The molecule has 0 atom stereocenters. The Morgan fingerprint density at radius 3 is 2.58 bits per heavy atom. The second-order valence-corrected chi connectivity index (χ2v) is 6.25. The summed E-state index contributed by atoms with van der Waals surface area (Å²) in [7, 11) is 3.98. The topological polar surface area (TPSA) is 23.6 Å². The molecule has 0 aliphatic carbocycles. The first-order valence-corrected chi connectivity index (χ1v) is 7.44. The number of likely N-dealkylation sites (N-methyl/N-ethyl adjacent to an activating group) is 1. The number of carbonyl (C=O) groups excluding carboxylic acids is 1. The lowest BCUT2D eigenvalue weighted by atomic mass is 10.2. The second-order valence-electron chi connectivity index (χ2n) is 5.25. The van der Waals surface area contributed by atoms with Crippen LogP contribution in [0.4, 0.5) is 0 Å².